The highest BCUT2D eigenvalue weighted by Crippen LogP contribution is 2.38. The fourth-order valence-electron chi connectivity index (χ4n) is 3.37. The molecule has 0 saturated carbocycles. The molecule has 0 aliphatic rings. The van der Waals surface area contributed by atoms with Gasteiger partial charge in [-0.3, -0.25) is 4.68 Å². The number of nitriles is 1. The van der Waals surface area contributed by atoms with Gasteiger partial charge in [0.2, 0.25) is 0 Å². The summed E-state index contributed by atoms with van der Waals surface area (Å²) in [6, 6.07) is 13.0. The van der Waals surface area contributed by atoms with Crippen molar-refractivity contribution in [2.75, 3.05) is 0 Å². The van der Waals surface area contributed by atoms with Crippen LogP contribution in [-0.4, -0.2) is 19.7 Å². The Kier molecular flexibility index (Phi) is 5.63. The molecule has 0 fully saturated rings. The molecule has 2 atom stereocenters. The lowest BCUT2D eigenvalue weighted by molar-refractivity contribution is 0.440. The fourth-order valence-corrected chi connectivity index (χ4v) is 4.32. The van der Waals surface area contributed by atoms with Gasteiger partial charge in [0.25, 0.3) is 0 Å². The Bertz CT molecular complexity index is 1180. The van der Waals surface area contributed by atoms with Crippen LogP contribution in [0.5, 0.6) is 0 Å². The third kappa shape index (κ3) is 4.11. The van der Waals surface area contributed by atoms with Crippen LogP contribution in [0.25, 0.3) is 11.3 Å². The van der Waals surface area contributed by atoms with Crippen LogP contribution >= 0.6 is 11.3 Å². The van der Waals surface area contributed by atoms with E-state index in [4.69, 9.17) is 10.2 Å². The molecule has 0 aliphatic heterocycles. The second-order valence-electron chi connectivity index (χ2n) is 6.94. The summed E-state index contributed by atoms with van der Waals surface area (Å²) in [5, 5.41) is 15.9. The van der Waals surface area contributed by atoms with Crippen molar-refractivity contribution < 1.29 is 8.78 Å². The maximum absolute atomic E-state index is 14.6. The Morgan fingerprint density at radius 1 is 1.17 bits per heavy atom. The van der Waals surface area contributed by atoms with Gasteiger partial charge in [-0.05, 0) is 23.8 Å². The molecule has 0 bridgehead atoms. The first-order valence-corrected chi connectivity index (χ1v) is 10.2. The van der Waals surface area contributed by atoms with Crippen LogP contribution in [-0.2, 0) is 6.54 Å². The van der Waals surface area contributed by atoms with E-state index in [2.05, 4.69) is 16.2 Å². The Hall–Kier alpha value is -3.44. The number of benzene rings is 2. The first-order chi connectivity index (χ1) is 14.5. The summed E-state index contributed by atoms with van der Waals surface area (Å²) in [6.45, 7) is 2.36. The second-order valence-corrected chi connectivity index (χ2v) is 7.83. The summed E-state index contributed by atoms with van der Waals surface area (Å²) >= 11 is 1.49. The summed E-state index contributed by atoms with van der Waals surface area (Å²) < 4.78 is 29.7. The maximum atomic E-state index is 14.6. The predicted octanol–water partition coefficient (Wildman–Crippen LogP) is 5.14. The van der Waals surface area contributed by atoms with Crippen LogP contribution in [0.1, 0.15) is 34.9 Å². The number of aromatic nitrogens is 4. The van der Waals surface area contributed by atoms with Crippen molar-refractivity contribution in [3.05, 3.63) is 88.3 Å². The van der Waals surface area contributed by atoms with Crippen molar-refractivity contribution in [1.29, 1.82) is 5.26 Å². The minimum absolute atomic E-state index is 0.147. The van der Waals surface area contributed by atoms with E-state index in [1.165, 1.54) is 29.8 Å². The zero-order valence-electron chi connectivity index (χ0n) is 16.0. The highest BCUT2D eigenvalue weighted by atomic mass is 32.1. The lowest BCUT2D eigenvalue weighted by Crippen LogP contribution is -2.17. The third-order valence-corrected chi connectivity index (χ3v) is 6.08. The Morgan fingerprint density at radius 2 is 1.97 bits per heavy atom. The number of thiazole rings is 1. The van der Waals surface area contributed by atoms with E-state index in [0.717, 1.165) is 22.3 Å². The highest BCUT2D eigenvalue weighted by Gasteiger charge is 2.27. The van der Waals surface area contributed by atoms with Gasteiger partial charge in [-0.1, -0.05) is 25.1 Å². The average molecular weight is 421 g/mol. The van der Waals surface area contributed by atoms with Crippen molar-refractivity contribution in [3.63, 3.8) is 0 Å². The van der Waals surface area contributed by atoms with E-state index in [9.17, 15) is 8.78 Å². The first kappa shape index (κ1) is 19.9. The molecule has 0 spiro atoms. The molecule has 2 unspecified atom stereocenters. The molecule has 0 N–H and O–H groups in total. The zero-order chi connectivity index (χ0) is 21.1. The maximum Gasteiger partial charge on any atom is 0.137 e. The van der Waals surface area contributed by atoms with Gasteiger partial charge in [0.05, 0.1) is 28.9 Å². The van der Waals surface area contributed by atoms with Gasteiger partial charge < -0.3 is 0 Å². The lowest BCUT2D eigenvalue weighted by atomic mass is 9.87. The van der Waals surface area contributed by atoms with E-state index in [-0.39, 0.29) is 11.8 Å². The second kappa shape index (κ2) is 8.51. The van der Waals surface area contributed by atoms with Crippen molar-refractivity contribution >= 4 is 11.3 Å². The molecule has 0 amide bonds. The number of halogens is 2. The van der Waals surface area contributed by atoms with Gasteiger partial charge >= 0.3 is 0 Å². The van der Waals surface area contributed by atoms with Crippen LogP contribution in [0.4, 0.5) is 8.78 Å². The van der Waals surface area contributed by atoms with E-state index >= 15 is 0 Å². The van der Waals surface area contributed by atoms with E-state index < -0.39 is 11.6 Å². The number of hydrogen-bond donors (Lipinski definition) is 0. The average Bonchev–Trinajstić information content (AvgIpc) is 3.44. The lowest BCUT2D eigenvalue weighted by Gasteiger charge is -2.23. The fraction of sp³-hybridized carbons (Fsp3) is 0.182. The summed E-state index contributed by atoms with van der Waals surface area (Å²) in [4.78, 5) is 8.71. The molecule has 30 heavy (non-hydrogen) atoms. The van der Waals surface area contributed by atoms with Gasteiger partial charge in [0.15, 0.2) is 0 Å². The molecule has 0 saturated heterocycles. The van der Waals surface area contributed by atoms with Crippen LogP contribution in [0.2, 0.25) is 0 Å². The van der Waals surface area contributed by atoms with Crippen molar-refractivity contribution in [1.82, 2.24) is 19.7 Å². The SMILES string of the molecule is CC(c1nc(-c2ccc(C#N)cc2)cs1)C(Cn1cncn1)c1ccc(F)cc1F. The van der Waals surface area contributed by atoms with Crippen molar-refractivity contribution in [2.24, 2.45) is 0 Å². The molecule has 5 nitrogen and oxygen atoms in total. The quantitative estimate of drug-likeness (QED) is 0.432. The van der Waals surface area contributed by atoms with Gasteiger partial charge in [-0.15, -0.1) is 11.3 Å². The van der Waals surface area contributed by atoms with Crippen LogP contribution in [0.3, 0.4) is 0 Å². The summed E-state index contributed by atoms with van der Waals surface area (Å²) in [5.41, 5.74) is 2.70. The van der Waals surface area contributed by atoms with Crippen molar-refractivity contribution in [2.45, 2.75) is 25.3 Å². The highest BCUT2D eigenvalue weighted by molar-refractivity contribution is 7.10. The van der Waals surface area contributed by atoms with Gasteiger partial charge in [-0.25, -0.2) is 18.7 Å². The largest absolute Gasteiger partial charge is 0.252 e. The summed E-state index contributed by atoms with van der Waals surface area (Å²) in [5.74, 6) is -1.66. The topological polar surface area (TPSA) is 67.4 Å². The molecule has 4 aromatic rings. The smallest absolute Gasteiger partial charge is 0.137 e. The minimum atomic E-state index is -0.610. The molecule has 0 radical (unpaired) electrons. The molecule has 2 heterocycles. The standard InChI is InChI=1S/C22H17F2N5S/c1-14(22-28-21(11-30-22)16-4-2-15(9-25)3-5-16)19(10-29-13-26-12-27-29)18-7-6-17(23)8-20(18)24/h2-8,11-14,19H,10H2,1H3. The van der Waals surface area contributed by atoms with Crippen molar-refractivity contribution in [3.8, 4) is 17.3 Å². The molecule has 0 aliphatic carbocycles. The zero-order valence-corrected chi connectivity index (χ0v) is 16.9. The molecule has 2 aromatic carbocycles. The van der Waals surface area contributed by atoms with Crippen LogP contribution in [0, 0.1) is 23.0 Å². The summed E-state index contributed by atoms with van der Waals surface area (Å²) in [6.07, 6.45) is 3.00. The predicted molar refractivity (Wildman–Crippen MR) is 110 cm³/mol. The first-order valence-electron chi connectivity index (χ1n) is 9.28. The van der Waals surface area contributed by atoms with Crippen LogP contribution < -0.4 is 0 Å². The molecule has 150 valence electrons. The molecule has 8 heteroatoms. The van der Waals surface area contributed by atoms with Gasteiger partial charge in [0.1, 0.15) is 24.3 Å². The Morgan fingerprint density at radius 3 is 2.63 bits per heavy atom. The Balaban J connectivity index is 1.66. The minimum Gasteiger partial charge on any atom is -0.252 e. The monoisotopic (exact) mass is 421 g/mol. The van der Waals surface area contributed by atoms with E-state index in [0.29, 0.717) is 17.7 Å². The van der Waals surface area contributed by atoms with E-state index in [1.807, 2.05) is 24.4 Å². The molecular weight excluding hydrogens is 404 g/mol. The summed E-state index contributed by atoms with van der Waals surface area (Å²) in [7, 11) is 0. The number of hydrogen-bond acceptors (Lipinski definition) is 5. The number of nitrogens with zero attached hydrogens (tertiary/aromatic N) is 5. The normalized spacial score (nSPS) is 13.0. The van der Waals surface area contributed by atoms with Gasteiger partial charge in [-0.2, -0.15) is 10.4 Å². The van der Waals surface area contributed by atoms with Gasteiger partial charge in [0, 0.05) is 28.8 Å². The molecular formula is C22H17F2N5S. The van der Waals surface area contributed by atoms with E-state index in [1.54, 1.807) is 23.1 Å². The molecule has 4 rings (SSSR count). The Labute approximate surface area is 176 Å². The third-order valence-electron chi connectivity index (χ3n) is 5.04. The number of rotatable bonds is 6. The molecule has 2 aromatic heterocycles. The van der Waals surface area contributed by atoms with Crippen LogP contribution in [0.15, 0.2) is 60.5 Å².